The standard InChI is InChI=1S/C19H21N7O/c1-27-15-4-2-14(3-5-15)23-18-21-11-17-16(6-8-26(17)24-18)13-10-22-19-20-7-9-25(19)12-13/h6-12,14-15H,2-5H2,1H3,(H,23,24)/t14-,15-. The van der Waals surface area contributed by atoms with E-state index in [1.165, 1.54) is 0 Å². The molecule has 4 heterocycles. The molecular weight excluding hydrogens is 342 g/mol. The number of aromatic nitrogens is 6. The quantitative estimate of drug-likeness (QED) is 0.600. The van der Waals surface area contributed by atoms with E-state index in [0.717, 1.165) is 42.3 Å². The van der Waals surface area contributed by atoms with Crippen LogP contribution in [0.1, 0.15) is 25.7 Å². The monoisotopic (exact) mass is 363 g/mol. The molecule has 1 aliphatic carbocycles. The van der Waals surface area contributed by atoms with Crippen LogP contribution in [0.25, 0.3) is 22.4 Å². The average molecular weight is 363 g/mol. The smallest absolute Gasteiger partial charge is 0.241 e. The van der Waals surface area contributed by atoms with Gasteiger partial charge in [-0.25, -0.2) is 19.5 Å². The lowest BCUT2D eigenvalue weighted by molar-refractivity contribution is 0.0681. The topological polar surface area (TPSA) is 81.6 Å². The van der Waals surface area contributed by atoms with Gasteiger partial charge in [0, 0.05) is 55.3 Å². The maximum atomic E-state index is 5.44. The molecule has 5 rings (SSSR count). The van der Waals surface area contributed by atoms with Crippen LogP contribution in [0.3, 0.4) is 0 Å². The van der Waals surface area contributed by atoms with Gasteiger partial charge in [-0.3, -0.25) is 4.40 Å². The van der Waals surface area contributed by atoms with Crippen LogP contribution in [0.15, 0.2) is 43.2 Å². The van der Waals surface area contributed by atoms with Gasteiger partial charge in [0.25, 0.3) is 0 Å². The van der Waals surface area contributed by atoms with Gasteiger partial charge in [-0.2, -0.15) is 0 Å². The van der Waals surface area contributed by atoms with Crippen LogP contribution in [-0.2, 0) is 4.74 Å². The molecule has 0 amide bonds. The second kappa shape index (κ2) is 6.62. The molecule has 0 atom stereocenters. The van der Waals surface area contributed by atoms with Crippen molar-refractivity contribution in [2.45, 2.75) is 37.8 Å². The lowest BCUT2D eigenvalue weighted by Crippen LogP contribution is -2.30. The van der Waals surface area contributed by atoms with E-state index in [2.05, 4.69) is 25.4 Å². The Hall–Kier alpha value is -3.00. The molecule has 8 heteroatoms. The fraction of sp³-hybridized carbons (Fsp3) is 0.368. The highest BCUT2D eigenvalue weighted by molar-refractivity contribution is 5.79. The molecule has 0 unspecified atom stereocenters. The molecule has 0 spiro atoms. The Kier molecular flexibility index (Phi) is 3.97. The minimum Gasteiger partial charge on any atom is -0.381 e. The number of methoxy groups -OCH3 is 1. The third kappa shape index (κ3) is 3.02. The average Bonchev–Trinajstić information content (AvgIpc) is 3.34. The summed E-state index contributed by atoms with van der Waals surface area (Å²) in [4.78, 5) is 13.1. The summed E-state index contributed by atoms with van der Waals surface area (Å²) >= 11 is 0. The van der Waals surface area contributed by atoms with E-state index < -0.39 is 0 Å². The number of hydrogen-bond acceptors (Lipinski definition) is 6. The van der Waals surface area contributed by atoms with Crippen LogP contribution < -0.4 is 5.32 Å². The Morgan fingerprint density at radius 3 is 2.81 bits per heavy atom. The first-order chi connectivity index (χ1) is 13.3. The third-order valence-corrected chi connectivity index (χ3v) is 5.31. The maximum absolute atomic E-state index is 5.44. The summed E-state index contributed by atoms with van der Waals surface area (Å²) in [5.74, 6) is 1.35. The third-order valence-electron chi connectivity index (χ3n) is 5.31. The molecule has 0 radical (unpaired) electrons. The van der Waals surface area contributed by atoms with E-state index in [4.69, 9.17) is 4.74 Å². The van der Waals surface area contributed by atoms with Crippen molar-refractivity contribution < 1.29 is 4.74 Å². The summed E-state index contributed by atoms with van der Waals surface area (Å²) in [6.07, 6.45) is 16.0. The van der Waals surface area contributed by atoms with Crippen molar-refractivity contribution in [3.8, 4) is 11.1 Å². The number of nitrogens with one attached hydrogen (secondary N) is 1. The van der Waals surface area contributed by atoms with Crippen molar-refractivity contribution in [3.05, 3.63) is 43.2 Å². The Bertz CT molecular complexity index is 1080. The van der Waals surface area contributed by atoms with E-state index in [0.29, 0.717) is 23.9 Å². The molecule has 0 bridgehead atoms. The van der Waals surface area contributed by atoms with Crippen molar-refractivity contribution in [1.82, 2.24) is 29.0 Å². The predicted molar refractivity (Wildman–Crippen MR) is 102 cm³/mol. The molecule has 4 aromatic rings. The molecule has 0 saturated heterocycles. The van der Waals surface area contributed by atoms with Gasteiger partial charge in [0.15, 0.2) is 0 Å². The Morgan fingerprint density at radius 2 is 1.96 bits per heavy atom. The van der Waals surface area contributed by atoms with Gasteiger partial charge >= 0.3 is 0 Å². The summed E-state index contributed by atoms with van der Waals surface area (Å²) in [5, 5.41) is 8.09. The zero-order valence-corrected chi connectivity index (χ0v) is 15.1. The summed E-state index contributed by atoms with van der Waals surface area (Å²) in [6.45, 7) is 0. The Balaban J connectivity index is 1.39. The van der Waals surface area contributed by atoms with Crippen molar-refractivity contribution in [2.24, 2.45) is 0 Å². The van der Waals surface area contributed by atoms with E-state index in [9.17, 15) is 0 Å². The minimum atomic E-state index is 0.389. The Labute approximate surface area is 156 Å². The van der Waals surface area contributed by atoms with Crippen molar-refractivity contribution in [3.63, 3.8) is 0 Å². The normalized spacial score (nSPS) is 20.3. The molecule has 1 aliphatic rings. The SMILES string of the molecule is CO[C@H]1CC[C@H](Nc2ncc3c(-c4cnc5nccn5c4)ccn3n2)CC1. The lowest BCUT2D eigenvalue weighted by Gasteiger charge is -2.28. The zero-order valence-electron chi connectivity index (χ0n) is 15.1. The van der Waals surface area contributed by atoms with Gasteiger partial charge in [-0.05, 0) is 31.7 Å². The maximum Gasteiger partial charge on any atom is 0.241 e. The molecule has 0 aliphatic heterocycles. The second-order valence-electron chi connectivity index (χ2n) is 6.97. The zero-order chi connectivity index (χ0) is 18.2. The number of nitrogens with zero attached hydrogens (tertiary/aromatic N) is 6. The van der Waals surface area contributed by atoms with Crippen LogP contribution in [-0.4, -0.2) is 48.2 Å². The van der Waals surface area contributed by atoms with E-state index in [1.54, 1.807) is 13.3 Å². The van der Waals surface area contributed by atoms with Crippen LogP contribution in [0.2, 0.25) is 0 Å². The van der Waals surface area contributed by atoms with Gasteiger partial charge < -0.3 is 10.1 Å². The highest BCUT2D eigenvalue weighted by atomic mass is 16.5. The molecule has 0 aromatic carbocycles. The van der Waals surface area contributed by atoms with Gasteiger partial charge in [0.1, 0.15) is 0 Å². The predicted octanol–water partition coefficient (Wildman–Crippen LogP) is 2.81. The fourth-order valence-electron chi connectivity index (χ4n) is 3.79. The second-order valence-corrected chi connectivity index (χ2v) is 6.97. The van der Waals surface area contributed by atoms with Crippen LogP contribution >= 0.6 is 0 Å². The van der Waals surface area contributed by atoms with Crippen molar-refractivity contribution in [1.29, 1.82) is 0 Å². The molecule has 1 fully saturated rings. The van der Waals surface area contributed by atoms with Gasteiger partial charge in [-0.1, -0.05) is 0 Å². The summed E-state index contributed by atoms with van der Waals surface area (Å²) < 4.78 is 9.21. The largest absolute Gasteiger partial charge is 0.381 e. The van der Waals surface area contributed by atoms with Gasteiger partial charge in [0.05, 0.1) is 17.8 Å². The van der Waals surface area contributed by atoms with Crippen LogP contribution in [0.4, 0.5) is 5.95 Å². The number of anilines is 1. The minimum absolute atomic E-state index is 0.389. The molecular formula is C19H21N7O. The number of hydrogen-bond donors (Lipinski definition) is 1. The van der Waals surface area contributed by atoms with Crippen molar-refractivity contribution in [2.75, 3.05) is 12.4 Å². The van der Waals surface area contributed by atoms with Crippen molar-refractivity contribution >= 4 is 17.2 Å². The molecule has 27 heavy (non-hydrogen) atoms. The summed E-state index contributed by atoms with van der Waals surface area (Å²) in [7, 11) is 1.79. The van der Waals surface area contributed by atoms with Crippen LogP contribution in [0.5, 0.6) is 0 Å². The fourth-order valence-corrected chi connectivity index (χ4v) is 3.79. The van der Waals surface area contributed by atoms with Gasteiger partial charge in [0.2, 0.25) is 11.7 Å². The molecule has 4 aromatic heterocycles. The molecule has 8 nitrogen and oxygen atoms in total. The molecule has 1 N–H and O–H groups in total. The first-order valence-electron chi connectivity index (χ1n) is 9.23. The highest BCUT2D eigenvalue weighted by Crippen LogP contribution is 2.26. The molecule has 138 valence electrons. The first-order valence-corrected chi connectivity index (χ1v) is 9.23. The number of ether oxygens (including phenoxy) is 1. The van der Waals surface area contributed by atoms with E-state index in [1.807, 2.05) is 46.0 Å². The Morgan fingerprint density at radius 1 is 1.07 bits per heavy atom. The number of fused-ring (bicyclic) bond motifs is 2. The highest BCUT2D eigenvalue weighted by Gasteiger charge is 2.21. The summed E-state index contributed by atoms with van der Waals surface area (Å²) in [5.41, 5.74) is 3.00. The number of rotatable bonds is 4. The summed E-state index contributed by atoms with van der Waals surface area (Å²) in [6, 6.07) is 2.44. The lowest BCUT2D eigenvalue weighted by atomic mass is 9.93. The van der Waals surface area contributed by atoms with Crippen LogP contribution in [0, 0.1) is 0 Å². The molecule has 1 saturated carbocycles. The first kappa shape index (κ1) is 16.2. The van der Waals surface area contributed by atoms with E-state index in [-0.39, 0.29) is 0 Å². The van der Waals surface area contributed by atoms with Gasteiger partial charge in [-0.15, -0.1) is 5.10 Å². The van der Waals surface area contributed by atoms with E-state index >= 15 is 0 Å². The number of imidazole rings is 1.